The minimum atomic E-state index is -0.255. The molecule has 1 heterocycles. The van der Waals surface area contributed by atoms with E-state index in [0.29, 0.717) is 49.4 Å². The predicted octanol–water partition coefficient (Wildman–Crippen LogP) is 4.00. The first kappa shape index (κ1) is 26.7. The molecule has 0 aliphatic rings. The van der Waals surface area contributed by atoms with E-state index in [-0.39, 0.29) is 12.4 Å². The number of benzene rings is 1. The first-order valence-electron chi connectivity index (χ1n) is 11.5. The Hall–Kier alpha value is -3.59. The maximum Gasteiger partial charge on any atom is 0.307 e. The molecule has 1 aromatic heterocycles. The molecule has 4 N–H and O–H groups in total. The number of aromatic nitrogens is 2. The molecule has 2 aromatic rings. The molecule has 0 fully saturated rings. The van der Waals surface area contributed by atoms with Crippen molar-refractivity contribution in [2.45, 2.75) is 40.0 Å². The molecule has 0 amide bonds. The fourth-order valence-electron chi connectivity index (χ4n) is 3.16. The van der Waals surface area contributed by atoms with Crippen LogP contribution in [0.2, 0.25) is 0 Å². The van der Waals surface area contributed by atoms with Gasteiger partial charge in [-0.15, -0.1) is 0 Å². The number of hydrogen-bond acceptors (Lipinski definition) is 9. The number of allylic oxidation sites excluding steroid dienone is 1. The number of esters is 1. The number of aliphatic imine (C=N–C) groups is 2. The second-order valence-corrected chi connectivity index (χ2v) is 7.51. The van der Waals surface area contributed by atoms with E-state index in [4.69, 9.17) is 10.5 Å². The molecular weight excluding hydrogens is 430 g/mol. The third-order valence-electron chi connectivity index (χ3n) is 4.80. The Bertz CT molecular complexity index is 1020. The average molecular weight is 466 g/mol. The van der Waals surface area contributed by atoms with Crippen LogP contribution in [0.4, 0.5) is 17.3 Å². The summed E-state index contributed by atoms with van der Waals surface area (Å²) in [5.74, 6) is 1.44. The van der Waals surface area contributed by atoms with Crippen molar-refractivity contribution >= 4 is 41.4 Å². The molecule has 0 radical (unpaired) electrons. The quantitative estimate of drug-likeness (QED) is 0.284. The van der Waals surface area contributed by atoms with E-state index >= 15 is 0 Å². The molecule has 0 bridgehead atoms. The van der Waals surface area contributed by atoms with E-state index in [9.17, 15) is 4.79 Å². The molecule has 0 saturated heterocycles. The number of anilines is 2. The minimum Gasteiger partial charge on any atom is -0.466 e. The fourth-order valence-corrected chi connectivity index (χ4v) is 3.16. The summed E-state index contributed by atoms with van der Waals surface area (Å²) in [4.78, 5) is 29.3. The maximum absolute atomic E-state index is 11.6. The van der Waals surface area contributed by atoms with Gasteiger partial charge in [0.2, 0.25) is 0 Å². The van der Waals surface area contributed by atoms with Gasteiger partial charge in [0, 0.05) is 24.9 Å². The van der Waals surface area contributed by atoms with Crippen molar-refractivity contribution < 1.29 is 9.53 Å². The normalized spacial score (nSPS) is 11.8. The van der Waals surface area contributed by atoms with E-state index in [1.165, 1.54) is 5.56 Å². The van der Waals surface area contributed by atoms with Crippen molar-refractivity contribution in [2.24, 2.45) is 15.7 Å². The van der Waals surface area contributed by atoms with Gasteiger partial charge in [0.1, 0.15) is 17.3 Å². The molecule has 0 atom stereocenters. The standard InChI is InChI=1S/C25H35N7O2/c1-5-21(27-4)25-31-22(17-23(32-25)29-15-12-24(33)34-6-2)28-14-11-19-8-7-9-20(16-19)30-18(3)10-13-26/h5,7-9,16-17H,4,6,10-15,26H2,1-3H3,(H2,28,29,31,32). The Balaban J connectivity index is 2.07. The molecule has 0 spiro atoms. The topological polar surface area (TPSA) is 127 Å². The van der Waals surface area contributed by atoms with Crippen LogP contribution < -0.4 is 16.4 Å². The molecule has 0 saturated carbocycles. The molecule has 34 heavy (non-hydrogen) atoms. The largest absolute Gasteiger partial charge is 0.466 e. The minimum absolute atomic E-state index is 0.246. The molecule has 1 aromatic carbocycles. The van der Waals surface area contributed by atoms with Gasteiger partial charge in [0.15, 0.2) is 5.82 Å². The van der Waals surface area contributed by atoms with Crippen LogP contribution in [0.3, 0.4) is 0 Å². The van der Waals surface area contributed by atoms with Crippen molar-refractivity contribution in [3.8, 4) is 0 Å². The lowest BCUT2D eigenvalue weighted by molar-refractivity contribution is -0.142. The highest BCUT2D eigenvalue weighted by molar-refractivity contribution is 5.84. The second-order valence-electron chi connectivity index (χ2n) is 7.51. The Morgan fingerprint density at radius 1 is 1.18 bits per heavy atom. The molecule has 182 valence electrons. The Labute approximate surface area is 201 Å². The van der Waals surface area contributed by atoms with E-state index in [2.05, 4.69) is 49.4 Å². The van der Waals surface area contributed by atoms with Crippen LogP contribution in [0.15, 0.2) is 46.4 Å². The summed E-state index contributed by atoms with van der Waals surface area (Å²) in [6.45, 7) is 11.3. The molecule has 9 nitrogen and oxygen atoms in total. The van der Waals surface area contributed by atoms with Gasteiger partial charge >= 0.3 is 5.97 Å². The van der Waals surface area contributed by atoms with Gasteiger partial charge in [-0.25, -0.2) is 9.97 Å². The summed E-state index contributed by atoms with van der Waals surface area (Å²) in [7, 11) is 0. The number of carbonyl (C=O) groups excluding carboxylic acids is 1. The van der Waals surface area contributed by atoms with Gasteiger partial charge in [0.05, 0.1) is 18.7 Å². The maximum atomic E-state index is 11.6. The lowest BCUT2D eigenvalue weighted by Gasteiger charge is -2.12. The zero-order chi connectivity index (χ0) is 24.8. The Kier molecular flexibility index (Phi) is 11.4. The van der Waals surface area contributed by atoms with Crippen LogP contribution in [0.1, 0.15) is 45.0 Å². The van der Waals surface area contributed by atoms with Gasteiger partial charge in [0.25, 0.3) is 0 Å². The van der Waals surface area contributed by atoms with E-state index in [0.717, 1.165) is 24.2 Å². The number of carbonyl (C=O) groups is 1. The van der Waals surface area contributed by atoms with Gasteiger partial charge in [-0.05, 0) is 64.6 Å². The van der Waals surface area contributed by atoms with Crippen LogP contribution in [-0.2, 0) is 16.0 Å². The smallest absolute Gasteiger partial charge is 0.307 e. The van der Waals surface area contributed by atoms with Crippen LogP contribution >= 0.6 is 0 Å². The van der Waals surface area contributed by atoms with Gasteiger partial charge in [-0.2, -0.15) is 0 Å². The molecule has 0 unspecified atom stereocenters. The van der Waals surface area contributed by atoms with Crippen LogP contribution in [-0.4, -0.2) is 54.6 Å². The lowest BCUT2D eigenvalue weighted by atomic mass is 10.1. The highest BCUT2D eigenvalue weighted by Crippen LogP contribution is 2.19. The number of rotatable bonds is 14. The molecule has 0 aliphatic carbocycles. The van der Waals surface area contributed by atoms with Crippen molar-refractivity contribution in [1.82, 2.24) is 9.97 Å². The van der Waals surface area contributed by atoms with E-state index in [1.807, 2.05) is 32.0 Å². The van der Waals surface area contributed by atoms with Crippen LogP contribution in [0, 0.1) is 0 Å². The van der Waals surface area contributed by atoms with Crippen LogP contribution in [0.25, 0.3) is 5.70 Å². The SMILES string of the molecule is C=NC(=CC)c1nc(NCCC(=O)OCC)cc(NCCc2cccc(N=C(C)CCN)c2)n1. The summed E-state index contributed by atoms with van der Waals surface area (Å²) in [6, 6.07) is 9.96. The number of nitrogens with one attached hydrogen (secondary N) is 2. The van der Waals surface area contributed by atoms with Crippen molar-refractivity contribution in [1.29, 1.82) is 0 Å². The average Bonchev–Trinajstić information content (AvgIpc) is 2.80. The van der Waals surface area contributed by atoms with Gasteiger partial charge < -0.3 is 21.1 Å². The summed E-state index contributed by atoms with van der Waals surface area (Å²) in [5.41, 5.74) is 9.30. The van der Waals surface area contributed by atoms with Crippen LogP contribution in [0.5, 0.6) is 0 Å². The molecular formula is C25H35N7O2. The third kappa shape index (κ3) is 9.11. The monoisotopic (exact) mass is 465 g/mol. The van der Waals surface area contributed by atoms with E-state index < -0.39 is 0 Å². The number of nitrogens with zero attached hydrogens (tertiary/aromatic N) is 4. The van der Waals surface area contributed by atoms with Crippen molar-refractivity contribution in [3.05, 3.63) is 47.8 Å². The summed E-state index contributed by atoms with van der Waals surface area (Å²) in [6.07, 6.45) is 3.62. The first-order valence-corrected chi connectivity index (χ1v) is 11.5. The Morgan fingerprint density at radius 3 is 2.56 bits per heavy atom. The van der Waals surface area contributed by atoms with Crippen molar-refractivity contribution in [3.63, 3.8) is 0 Å². The zero-order valence-electron chi connectivity index (χ0n) is 20.3. The number of ether oxygens (including phenoxy) is 1. The van der Waals surface area contributed by atoms with Gasteiger partial charge in [-0.3, -0.25) is 14.8 Å². The highest BCUT2D eigenvalue weighted by atomic mass is 16.5. The predicted molar refractivity (Wildman–Crippen MR) is 140 cm³/mol. The molecule has 0 aliphatic heterocycles. The molecule has 2 rings (SSSR count). The Morgan fingerprint density at radius 2 is 1.91 bits per heavy atom. The fraction of sp³-hybridized carbons (Fsp3) is 0.400. The van der Waals surface area contributed by atoms with Crippen molar-refractivity contribution in [2.75, 3.05) is 36.9 Å². The summed E-state index contributed by atoms with van der Waals surface area (Å²) >= 11 is 0. The highest BCUT2D eigenvalue weighted by Gasteiger charge is 2.09. The van der Waals surface area contributed by atoms with E-state index in [1.54, 1.807) is 13.0 Å². The first-order chi connectivity index (χ1) is 16.5. The second kappa shape index (κ2) is 14.5. The zero-order valence-corrected chi connectivity index (χ0v) is 20.3. The summed E-state index contributed by atoms with van der Waals surface area (Å²) < 4.78 is 4.97. The van der Waals surface area contributed by atoms with Gasteiger partial charge in [-0.1, -0.05) is 18.2 Å². The lowest BCUT2D eigenvalue weighted by Crippen LogP contribution is -2.14. The number of hydrogen-bond donors (Lipinski definition) is 3. The third-order valence-corrected chi connectivity index (χ3v) is 4.80. The number of nitrogens with two attached hydrogens (primary N) is 1. The molecule has 9 heteroatoms. The summed E-state index contributed by atoms with van der Waals surface area (Å²) in [5, 5.41) is 6.51.